The fraction of sp³-hybridized carbons (Fsp3) is 0.238. The van der Waals surface area contributed by atoms with E-state index >= 15 is 0 Å². The minimum atomic E-state index is -0.245. The third kappa shape index (κ3) is 2.76. The molecule has 2 aromatic carbocycles. The van der Waals surface area contributed by atoms with Crippen LogP contribution in [0.1, 0.15) is 34.5 Å². The van der Waals surface area contributed by atoms with Crippen molar-refractivity contribution in [3.05, 3.63) is 80.0 Å². The van der Waals surface area contributed by atoms with Gasteiger partial charge in [-0.15, -0.1) is 0 Å². The molecule has 0 spiro atoms. The van der Waals surface area contributed by atoms with Crippen LogP contribution in [0.2, 0.25) is 0 Å². The molecular weight excluding hydrogens is 392 g/mol. The molecule has 0 bridgehead atoms. The number of hydrogen-bond donors (Lipinski definition) is 0. The number of hydrogen-bond acceptors (Lipinski definition) is 2. The Labute approximate surface area is 160 Å². The van der Waals surface area contributed by atoms with Crippen LogP contribution in [-0.2, 0) is 13.0 Å². The molecule has 2 heterocycles. The summed E-state index contributed by atoms with van der Waals surface area (Å²) in [4.78, 5) is 27.6. The molecule has 0 aliphatic carbocycles. The zero-order valence-electron chi connectivity index (χ0n) is 14.7. The molecule has 0 N–H and O–H groups in total. The number of nitrogens with zero attached hydrogens (tertiary/aromatic N) is 2. The zero-order chi connectivity index (χ0) is 18.4. The number of halogens is 1. The van der Waals surface area contributed by atoms with Crippen molar-refractivity contribution < 1.29 is 4.79 Å². The molecule has 1 aliphatic heterocycles. The van der Waals surface area contributed by atoms with E-state index in [1.54, 1.807) is 18.1 Å². The van der Waals surface area contributed by atoms with Gasteiger partial charge in [0.1, 0.15) is 5.56 Å². The van der Waals surface area contributed by atoms with Gasteiger partial charge in [0.15, 0.2) is 0 Å². The average molecular weight is 411 g/mol. The highest BCUT2D eigenvalue weighted by Gasteiger charge is 2.26. The number of pyridine rings is 1. The topological polar surface area (TPSA) is 42.3 Å². The van der Waals surface area contributed by atoms with Gasteiger partial charge in [-0.2, -0.15) is 0 Å². The molecule has 4 rings (SSSR count). The second-order valence-electron chi connectivity index (χ2n) is 6.94. The van der Waals surface area contributed by atoms with Gasteiger partial charge in [-0.3, -0.25) is 9.59 Å². The second kappa shape index (κ2) is 6.40. The third-order valence-corrected chi connectivity index (χ3v) is 5.46. The molecule has 5 heteroatoms. The maximum atomic E-state index is 13.0. The summed E-state index contributed by atoms with van der Waals surface area (Å²) in [5, 5.41) is 0.609. The lowest BCUT2D eigenvalue weighted by atomic mass is 10.1. The molecule has 132 valence electrons. The summed E-state index contributed by atoms with van der Waals surface area (Å²) < 4.78 is 2.95. The first kappa shape index (κ1) is 17.0. The standard InChI is InChI=1S/C21H19BrN2O2/c1-13-8-15-9-16(22)10-17-19(15)24(13)12-18(20(17)25)21(26)23(2)11-14-6-4-3-5-7-14/h3-7,9-10,12-13H,8,11H2,1-2H3/t13-/m0/s1. The predicted octanol–water partition coefficient (Wildman–Crippen LogP) is 4.15. The Morgan fingerprint density at radius 1 is 1.27 bits per heavy atom. The Hall–Kier alpha value is -2.40. The van der Waals surface area contributed by atoms with Gasteiger partial charge in [0.05, 0.1) is 5.52 Å². The lowest BCUT2D eigenvalue weighted by molar-refractivity contribution is 0.0783. The predicted molar refractivity (Wildman–Crippen MR) is 107 cm³/mol. The van der Waals surface area contributed by atoms with E-state index in [2.05, 4.69) is 33.5 Å². The third-order valence-electron chi connectivity index (χ3n) is 5.00. The Morgan fingerprint density at radius 2 is 2.00 bits per heavy atom. The normalized spacial score (nSPS) is 15.4. The highest BCUT2D eigenvalue weighted by atomic mass is 79.9. The lowest BCUT2D eigenvalue weighted by Crippen LogP contribution is -2.31. The minimum Gasteiger partial charge on any atom is -0.343 e. The zero-order valence-corrected chi connectivity index (χ0v) is 16.3. The molecule has 1 aromatic heterocycles. The van der Waals surface area contributed by atoms with Gasteiger partial charge in [0.2, 0.25) is 5.43 Å². The first-order valence-electron chi connectivity index (χ1n) is 8.62. The smallest absolute Gasteiger partial charge is 0.259 e. The van der Waals surface area contributed by atoms with Gasteiger partial charge in [0.25, 0.3) is 5.91 Å². The van der Waals surface area contributed by atoms with Crippen molar-refractivity contribution in [2.24, 2.45) is 0 Å². The van der Waals surface area contributed by atoms with E-state index in [0.29, 0.717) is 11.9 Å². The van der Waals surface area contributed by atoms with Crippen LogP contribution in [0.5, 0.6) is 0 Å². The molecule has 0 unspecified atom stereocenters. The fourth-order valence-electron chi connectivity index (χ4n) is 3.75. The SMILES string of the molecule is C[C@H]1Cc2cc(Br)cc3c(=O)c(C(=O)N(C)Cc4ccccc4)cn1c23. The molecule has 3 aromatic rings. The van der Waals surface area contributed by atoms with Crippen molar-refractivity contribution in [1.82, 2.24) is 9.47 Å². The molecule has 4 nitrogen and oxygen atoms in total. The summed E-state index contributed by atoms with van der Waals surface area (Å²) in [6.07, 6.45) is 2.61. The molecule has 1 aliphatic rings. The lowest BCUT2D eigenvalue weighted by Gasteiger charge is -2.19. The highest BCUT2D eigenvalue weighted by molar-refractivity contribution is 9.10. The van der Waals surface area contributed by atoms with Crippen LogP contribution in [0.25, 0.3) is 10.9 Å². The number of aromatic nitrogens is 1. The van der Waals surface area contributed by atoms with E-state index < -0.39 is 0 Å². The van der Waals surface area contributed by atoms with Crippen LogP contribution in [-0.4, -0.2) is 22.4 Å². The van der Waals surface area contributed by atoms with Crippen molar-refractivity contribution in [3.8, 4) is 0 Å². The van der Waals surface area contributed by atoms with E-state index in [1.165, 1.54) is 0 Å². The van der Waals surface area contributed by atoms with E-state index in [1.807, 2.05) is 36.4 Å². The minimum absolute atomic E-state index is 0.196. The molecule has 26 heavy (non-hydrogen) atoms. The average Bonchev–Trinajstić information content (AvgIpc) is 2.93. The van der Waals surface area contributed by atoms with E-state index in [4.69, 9.17) is 0 Å². The van der Waals surface area contributed by atoms with Crippen molar-refractivity contribution in [2.45, 2.75) is 25.9 Å². The molecule has 1 amide bonds. The number of benzene rings is 2. The molecule has 0 radical (unpaired) electrons. The van der Waals surface area contributed by atoms with Crippen molar-refractivity contribution in [1.29, 1.82) is 0 Å². The van der Waals surface area contributed by atoms with Gasteiger partial charge in [-0.25, -0.2) is 0 Å². The maximum Gasteiger partial charge on any atom is 0.259 e. The van der Waals surface area contributed by atoms with Crippen LogP contribution < -0.4 is 5.43 Å². The fourth-order valence-corrected chi connectivity index (χ4v) is 4.25. The van der Waals surface area contributed by atoms with E-state index in [-0.39, 0.29) is 22.9 Å². The van der Waals surface area contributed by atoms with E-state index in [9.17, 15) is 9.59 Å². The largest absolute Gasteiger partial charge is 0.343 e. The summed E-state index contributed by atoms with van der Waals surface area (Å²) in [6.45, 7) is 2.58. The quantitative estimate of drug-likeness (QED) is 0.650. The summed E-state index contributed by atoms with van der Waals surface area (Å²) in [7, 11) is 1.73. The van der Waals surface area contributed by atoms with Crippen molar-refractivity contribution >= 4 is 32.7 Å². The number of rotatable bonds is 3. The molecule has 0 saturated heterocycles. The van der Waals surface area contributed by atoms with Crippen LogP contribution in [0.15, 0.2) is 57.9 Å². The van der Waals surface area contributed by atoms with Gasteiger partial charge in [-0.05, 0) is 36.6 Å². The number of carbonyl (C=O) groups excluding carboxylic acids is 1. The van der Waals surface area contributed by atoms with Crippen LogP contribution in [0.4, 0.5) is 0 Å². The Kier molecular flexibility index (Phi) is 4.19. The van der Waals surface area contributed by atoms with Crippen LogP contribution in [0, 0.1) is 0 Å². The molecule has 0 fully saturated rings. The Balaban J connectivity index is 1.79. The summed E-state index contributed by atoms with van der Waals surface area (Å²) in [5.41, 5.74) is 3.17. The first-order chi connectivity index (χ1) is 12.5. The van der Waals surface area contributed by atoms with Gasteiger partial charge in [-0.1, -0.05) is 46.3 Å². The Bertz CT molecular complexity index is 1070. The molecule has 1 atom stereocenters. The van der Waals surface area contributed by atoms with Gasteiger partial charge in [0, 0.05) is 35.7 Å². The highest BCUT2D eigenvalue weighted by Crippen LogP contribution is 2.33. The van der Waals surface area contributed by atoms with Crippen LogP contribution in [0.3, 0.4) is 0 Å². The molecular formula is C21H19BrN2O2. The monoisotopic (exact) mass is 410 g/mol. The number of carbonyl (C=O) groups is 1. The van der Waals surface area contributed by atoms with Crippen molar-refractivity contribution in [3.63, 3.8) is 0 Å². The summed E-state index contributed by atoms with van der Waals surface area (Å²) in [5.74, 6) is -0.245. The maximum absolute atomic E-state index is 13.0. The molecule has 0 saturated carbocycles. The second-order valence-corrected chi connectivity index (χ2v) is 7.86. The van der Waals surface area contributed by atoms with Gasteiger partial charge < -0.3 is 9.47 Å². The Morgan fingerprint density at radius 3 is 2.73 bits per heavy atom. The van der Waals surface area contributed by atoms with Crippen LogP contribution >= 0.6 is 15.9 Å². The van der Waals surface area contributed by atoms with Crippen molar-refractivity contribution in [2.75, 3.05) is 7.05 Å². The number of amides is 1. The summed E-state index contributed by atoms with van der Waals surface area (Å²) in [6, 6.07) is 13.9. The summed E-state index contributed by atoms with van der Waals surface area (Å²) >= 11 is 3.49. The van der Waals surface area contributed by atoms with E-state index in [0.717, 1.165) is 27.5 Å². The first-order valence-corrected chi connectivity index (χ1v) is 9.41. The van der Waals surface area contributed by atoms with Gasteiger partial charge >= 0.3 is 0 Å².